The van der Waals surface area contributed by atoms with E-state index in [2.05, 4.69) is 10.6 Å². The topological polar surface area (TPSA) is 91.2 Å². The third-order valence-corrected chi connectivity index (χ3v) is 3.56. The normalized spacial score (nSPS) is 11.0. The Morgan fingerprint density at radius 3 is 2.68 bits per heavy atom. The second-order valence-corrected chi connectivity index (χ2v) is 5.83. The first kappa shape index (κ1) is 20.2. The van der Waals surface area contributed by atoms with Gasteiger partial charge >= 0.3 is 5.97 Å². The maximum Gasteiger partial charge on any atom is 0.307 e. The monoisotopic (exact) mass is 343 g/mol. The summed E-state index contributed by atoms with van der Waals surface area (Å²) >= 11 is 0. The van der Waals surface area contributed by atoms with Crippen LogP contribution in [0.15, 0.2) is 30.0 Å². The molecule has 134 valence electrons. The molecule has 0 aliphatic carbocycles. The molecule has 0 aliphatic heterocycles. The van der Waals surface area contributed by atoms with Gasteiger partial charge < -0.3 is 15.4 Å². The fraction of sp³-hybridized carbons (Fsp3) is 0.421. The zero-order valence-electron chi connectivity index (χ0n) is 15.2. The highest BCUT2D eigenvalue weighted by Crippen LogP contribution is 2.27. The van der Waals surface area contributed by atoms with Crippen molar-refractivity contribution in [3.05, 3.63) is 41.1 Å². The highest BCUT2D eigenvalue weighted by atomic mass is 16.5. The molecule has 0 saturated heterocycles. The van der Waals surface area contributed by atoms with Crippen molar-refractivity contribution >= 4 is 17.6 Å². The lowest BCUT2D eigenvalue weighted by molar-refractivity contribution is -0.142. The number of ether oxygens (including phenoxy) is 1. The molecule has 6 heteroatoms. The number of hydrogen-bond acceptors (Lipinski definition) is 5. The smallest absolute Gasteiger partial charge is 0.307 e. The average molecular weight is 343 g/mol. The molecule has 0 unspecified atom stereocenters. The molecular formula is C19H25N3O3. The summed E-state index contributed by atoms with van der Waals surface area (Å²) in [6, 6.07) is 7.69. The number of aryl methyl sites for hydroxylation is 1. The molecule has 6 nitrogen and oxygen atoms in total. The third-order valence-electron chi connectivity index (χ3n) is 3.56. The Balaban J connectivity index is 2.76. The molecule has 0 radical (unpaired) electrons. The van der Waals surface area contributed by atoms with Crippen LogP contribution in [0.3, 0.4) is 0 Å². The predicted octanol–water partition coefficient (Wildman–Crippen LogP) is 3.01. The molecular weight excluding hydrogens is 318 g/mol. The van der Waals surface area contributed by atoms with Crippen molar-refractivity contribution in [2.24, 2.45) is 0 Å². The van der Waals surface area contributed by atoms with E-state index in [0.717, 1.165) is 16.8 Å². The van der Waals surface area contributed by atoms with E-state index < -0.39 is 5.91 Å². The number of nitriles is 1. The molecule has 0 spiro atoms. The van der Waals surface area contributed by atoms with Crippen LogP contribution in [0.4, 0.5) is 5.69 Å². The van der Waals surface area contributed by atoms with Gasteiger partial charge in [0, 0.05) is 18.4 Å². The van der Waals surface area contributed by atoms with Crippen molar-refractivity contribution in [2.75, 3.05) is 18.5 Å². The molecule has 1 aromatic rings. The summed E-state index contributed by atoms with van der Waals surface area (Å²) in [7, 11) is 0. The SMILES string of the molecule is CCOC(=O)CCN/C=C(/C#N)C(=O)Nc1c(C)cccc1C(C)C. The van der Waals surface area contributed by atoms with E-state index in [4.69, 9.17) is 4.74 Å². The number of hydrogen-bond donors (Lipinski definition) is 2. The number of para-hydroxylation sites is 1. The molecule has 1 amide bonds. The van der Waals surface area contributed by atoms with Gasteiger partial charge in [-0.15, -0.1) is 0 Å². The van der Waals surface area contributed by atoms with Gasteiger partial charge in [-0.1, -0.05) is 32.0 Å². The zero-order chi connectivity index (χ0) is 18.8. The van der Waals surface area contributed by atoms with E-state index in [-0.39, 0.29) is 23.9 Å². The van der Waals surface area contributed by atoms with Gasteiger partial charge in [0.1, 0.15) is 11.6 Å². The van der Waals surface area contributed by atoms with E-state index in [9.17, 15) is 14.9 Å². The summed E-state index contributed by atoms with van der Waals surface area (Å²) in [5, 5.41) is 14.8. The average Bonchev–Trinajstić information content (AvgIpc) is 2.56. The molecule has 0 saturated carbocycles. The second-order valence-electron chi connectivity index (χ2n) is 5.83. The predicted molar refractivity (Wildman–Crippen MR) is 96.8 cm³/mol. The van der Waals surface area contributed by atoms with E-state index in [1.165, 1.54) is 6.20 Å². The first-order valence-corrected chi connectivity index (χ1v) is 8.30. The van der Waals surface area contributed by atoms with Gasteiger partial charge in [0.25, 0.3) is 5.91 Å². The molecule has 2 N–H and O–H groups in total. The minimum absolute atomic E-state index is 0.0539. The van der Waals surface area contributed by atoms with Crippen molar-refractivity contribution in [2.45, 2.75) is 40.0 Å². The number of nitrogens with zero attached hydrogens (tertiary/aromatic N) is 1. The van der Waals surface area contributed by atoms with Gasteiger partial charge in [-0.3, -0.25) is 9.59 Å². The number of rotatable bonds is 8. The molecule has 0 fully saturated rings. The Bertz CT molecular complexity index is 688. The van der Waals surface area contributed by atoms with Gasteiger partial charge in [-0.2, -0.15) is 5.26 Å². The van der Waals surface area contributed by atoms with Crippen LogP contribution >= 0.6 is 0 Å². The summed E-state index contributed by atoms with van der Waals surface area (Å²) in [6.07, 6.45) is 1.49. The Morgan fingerprint density at radius 2 is 2.08 bits per heavy atom. The van der Waals surface area contributed by atoms with Crippen molar-refractivity contribution in [3.8, 4) is 6.07 Å². The van der Waals surface area contributed by atoms with Crippen molar-refractivity contribution in [3.63, 3.8) is 0 Å². The maximum atomic E-state index is 12.4. The first-order valence-electron chi connectivity index (χ1n) is 8.30. The van der Waals surface area contributed by atoms with Crippen LogP contribution in [0.25, 0.3) is 0 Å². The Labute approximate surface area is 148 Å². The lowest BCUT2D eigenvalue weighted by Crippen LogP contribution is -2.20. The molecule has 25 heavy (non-hydrogen) atoms. The Morgan fingerprint density at radius 1 is 1.36 bits per heavy atom. The molecule has 0 heterocycles. The minimum atomic E-state index is -0.484. The second kappa shape index (κ2) is 10.1. The van der Waals surface area contributed by atoms with Gasteiger partial charge in [0.15, 0.2) is 0 Å². The van der Waals surface area contributed by atoms with Gasteiger partial charge in [-0.05, 0) is 30.9 Å². The zero-order valence-corrected chi connectivity index (χ0v) is 15.2. The summed E-state index contributed by atoms with van der Waals surface area (Å²) in [5.41, 5.74) is 2.63. The van der Waals surface area contributed by atoms with Crippen LogP contribution in [0.2, 0.25) is 0 Å². The molecule has 0 bridgehead atoms. The van der Waals surface area contributed by atoms with Crippen LogP contribution in [0.5, 0.6) is 0 Å². The van der Waals surface area contributed by atoms with Gasteiger partial charge in [0.2, 0.25) is 0 Å². The van der Waals surface area contributed by atoms with Crippen LogP contribution in [0, 0.1) is 18.3 Å². The highest BCUT2D eigenvalue weighted by molar-refractivity contribution is 6.07. The quantitative estimate of drug-likeness (QED) is 0.328. The van der Waals surface area contributed by atoms with Crippen LogP contribution in [-0.2, 0) is 14.3 Å². The lowest BCUT2D eigenvalue weighted by atomic mass is 9.98. The van der Waals surface area contributed by atoms with Crippen LogP contribution < -0.4 is 10.6 Å². The fourth-order valence-corrected chi connectivity index (χ4v) is 2.25. The molecule has 0 aliphatic rings. The van der Waals surface area contributed by atoms with E-state index in [0.29, 0.717) is 13.2 Å². The first-order chi connectivity index (χ1) is 11.9. The maximum absolute atomic E-state index is 12.4. The number of amides is 1. The standard InChI is InChI=1S/C19H25N3O3/c1-5-25-17(23)9-10-21-12-15(11-20)19(24)22-18-14(4)7-6-8-16(18)13(2)3/h6-8,12-13,21H,5,9-10H2,1-4H3,(H,22,24)/b15-12-. The molecule has 0 aromatic heterocycles. The summed E-state index contributed by atoms with van der Waals surface area (Å²) in [4.78, 5) is 23.6. The van der Waals surface area contributed by atoms with Crippen molar-refractivity contribution in [1.82, 2.24) is 5.32 Å². The number of nitrogens with one attached hydrogen (secondary N) is 2. The van der Waals surface area contributed by atoms with Gasteiger partial charge in [0.05, 0.1) is 13.0 Å². The summed E-state index contributed by atoms with van der Waals surface area (Å²) < 4.78 is 4.81. The van der Waals surface area contributed by atoms with Gasteiger partial charge in [-0.25, -0.2) is 0 Å². The van der Waals surface area contributed by atoms with Crippen molar-refractivity contribution in [1.29, 1.82) is 5.26 Å². The van der Waals surface area contributed by atoms with Crippen molar-refractivity contribution < 1.29 is 14.3 Å². The summed E-state index contributed by atoms with van der Waals surface area (Å²) in [6.45, 7) is 8.36. The largest absolute Gasteiger partial charge is 0.466 e. The molecule has 1 aromatic carbocycles. The fourth-order valence-electron chi connectivity index (χ4n) is 2.25. The number of carbonyl (C=O) groups excluding carboxylic acids is 2. The highest BCUT2D eigenvalue weighted by Gasteiger charge is 2.15. The Kier molecular flexibility index (Phi) is 8.21. The number of esters is 1. The van der Waals surface area contributed by atoms with Crippen LogP contribution in [-0.4, -0.2) is 25.0 Å². The van der Waals surface area contributed by atoms with Crippen LogP contribution in [0.1, 0.15) is 44.2 Å². The Hall–Kier alpha value is -2.81. The summed E-state index contributed by atoms with van der Waals surface area (Å²) in [5.74, 6) is -0.567. The number of carbonyl (C=O) groups is 2. The van der Waals surface area contributed by atoms with E-state index >= 15 is 0 Å². The number of anilines is 1. The molecule has 1 rings (SSSR count). The van der Waals surface area contributed by atoms with E-state index in [1.54, 1.807) is 6.92 Å². The van der Waals surface area contributed by atoms with E-state index in [1.807, 2.05) is 45.0 Å². The molecule has 0 atom stereocenters. The minimum Gasteiger partial charge on any atom is -0.466 e. The lowest BCUT2D eigenvalue weighted by Gasteiger charge is -2.16. The number of benzene rings is 1. The third kappa shape index (κ3) is 6.30.